The Morgan fingerprint density at radius 1 is 1.14 bits per heavy atom. The van der Waals surface area contributed by atoms with E-state index in [2.05, 4.69) is 15.9 Å². The lowest BCUT2D eigenvalue weighted by molar-refractivity contribution is 0.104. The third-order valence-electron chi connectivity index (χ3n) is 3.33. The second-order valence-electron chi connectivity index (χ2n) is 4.67. The number of carbonyl (C=O) groups excluding carboxylic acids is 1. The van der Waals surface area contributed by atoms with E-state index in [9.17, 15) is 4.79 Å². The minimum absolute atomic E-state index is 0.0616. The van der Waals surface area contributed by atoms with Gasteiger partial charge in [-0.3, -0.25) is 4.79 Å². The van der Waals surface area contributed by atoms with E-state index >= 15 is 0 Å². The molecule has 3 nitrogen and oxygen atoms in total. The quantitative estimate of drug-likeness (QED) is 0.721. The lowest BCUT2D eigenvalue weighted by atomic mass is 10.1. The van der Waals surface area contributed by atoms with E-state index in [0.717, 1.165) is 20.5 Å². The molecule has 0 saturated heterocycles. The second kappa shape index (κ2) is 6.18. The minimum Gasteiger partial charge on any atom is -0.493 e. The van der Waals surface area contributed by atoms with Crippen molar-refractivity contribution in [3.05, 3.63) is 56.9 Å². The zero-order valence-electron chi connectivity index (χ0n) is 12.1. The molecule has 0 saturated carbocycles. The molecule has 0 amide bonds. The summed E-state index contributed by atoms with van der Waals surface area (Å²) in [6.45, 7) is 0. The largest absolute Gasteiger partial charge is 0.493 e. The Hall–Kier alpha value is -1.72. The number of ether oxygens (including phenoxy) is 2. The smallest absolute Gasteiger partial charge is 0.200 e. The average Bonchev–Trinajstić information content (AvgIpc) is 2.83. The van der Waals surface area contributed by atoms with Crippen molar-refractivity contribution in [3.63, 3.8) is 0 Å². The van der Waals surface area contributed by atoms with Crippen molar-refractivity contribution in [2.45, 2.75) is 4.90 Å². The van der Waals surface area contributed by atoms with Gasteiger partial charge in [0, 0.05) is 10.5 Å². The van der Waals surface area contributed by atoms with Gasteiger partial charge in [-0.25, -0.2) is 0 Å². The highest BCUT2D eigenvalue weighted by atomic mass is 79.9. The van der Waals surface area contributed by atoms with Crippen molar-refractivity contribution in [3.8, 4) is 11.5 Å². The van der Waals surface area contributed by atoms with Crippen LogP contribution in [0.1, 0.15) is 15.9 Å². The molecule has 1 aliphatic heterocycles. The normalized spacial score (nSPS) is 15.0. The summed E-state index contributed by atoms with van der Waals surface area (Å²) in [6.07, 6.45) is 1.87. The van der Waals surface area contributed by atoms with Gasteiger partial charge in [0.2, 0.25) is 5.78 Å². The van der Waals surface area contributed by atoms with Gasteiger partial charge in [0.25, 0.3) is 0 Å². The number of rotatable bonds is 3. The summed E-state index contributed by atoms with van der Waals surface area (Å²) in [4.78, 5) is 14.1. The number of halogens is 1. The molecule has 0 N–H and O–H groups in total. The molecule has 0 unspecified atom stereocenters. The third-order valence-corrected chi connectivity index (χ3v) is 5.02. The van der Waals surface area contributed by atoms with Gasteiger partial charge >= 0.3 is 0 Å². The standard InChI is InChI=1S/C17H13BrO3S/c1-20-13-8-10(7-12(18)17(13)21-2)9-15-16(19)11-5-3-4-6-14(11)22-15/h3-9H,1-2H3/b15-9-. The molecule has 0 spiro atoms. The van der Waals surface area contributed by atoms with E-state index in [0.29, 0.717) is 16.4 Å². The lowest BCUT2D eigenvalue weighted by Gasteiger charge is -2.10. The van der Waals surface area contributed by atoms with Crippen LogP contribution in [0.5, 0.6) is 11.5 Å². The summed E-state index contributed by atoms with van der Waals surface area (Å²) >= 11 is 4.96. The van der Waals surface area contributed by atoms with Crippen LogP contribution in [0.15, 0.2) is 50.7 Å². The predicted octanol–water partition coefficient (Wildman–Crippen LogP) is 4.80. The van der Waals surface area contributed by atoms with Crippen LogP contribution in [0.25, 0.3) is 6.08 Å². The molecule has 1 aliphatic rings. The number of ketones is 1. The maximum atomic E-state index is 12.4. The van der Waals surface area contributed by atoms with E-state index in [4.69, 9.17) is 9.47 Å². The molecule has 0 radical (unpaired) electrons. The van der Waals surface area contributed by atoms with Gasteiger partial charge in [-0.15, -0.1) is 0 Å². The van der Waals surface area contributed by atoms with Crippen molar-refractivity contribution in [2.75, 3.05) is 14.2 Å². The van der Waals surface area contributed by atoms with Gasteiger partial charge < -0.3 is 9.47 Å². The molecule has 2 aromatic carbocycles. The molecule has 0 aromatic heterocycles. The first-order valence-electron chi connectivity index (χ1n) is 6.59. The molecular weight excluding hydrogens is 364 g/mol. The number of allylic oxidation sites excluding steroid dienone is 1. The van der Waals surface area contributed by atoms with E-state index in [-0.39, 0.29) is 5.78 Å². The van der Waals surface area contributed by atoms with Gasteiger partial charge in [-0.2, -0.15) is 0 Å². The Bertz CT molecular complexity index is 783. The van der Waals surface area contributed by atoms with Crippen LogP contribution in [0.2, 0.25) is 0 Å². The number of benzene rings is 2. The third kappa shape index (κ3) is 2.66. The van der Waals surface area contributed by atoms with Gasteiger partial charge in [0.15, 0.2) is 11.5 Å². The first kappa shape index (κ1) is 15.2. The summed E-state index contributed by atoms with van der Waals surface area (Å²) < 4.78 is 11.4. The molecule has 5 heteroatoms. The molecule has 3 rings (SSSR count). The van der Waals surface area contributed by atoms with Crippen LogP contribution in [0.4, 0.5) is 0 Å². The van der Waals surface area contributed by atoms with Crippen molar-refractivity contribution >= 4 is 39.6 Å². The Morgan fingerprint density at radius 2 is 1.91 bits per heavy atom. The number of hydrogen-bond acceptors (Lipinski definition) is 4. The summed E-state index contributed by atoms with van der Waals surface area (Å²) in [5.41, 5.74) is 1.64. The Labute approximate surface area is 141 Å². The topological polar surface area (TPSA) is 35.5 Å². The van der Waals surface area contributed by atoms with E-state index in [1.807, 2.05) is 42.5 Å². The maximum Gasteiger partial charge on any atom is 0.200 e. The van der Waals surface area contributed by atoms with Gasteiger partial charge in [0.1, 0.15) is 0 Å². The number of hydrogen-bond donors (Lipinski definition) is 0. The first-order chi connectivity index (χ1) is 10.6. The summed E-state index contributed by atoms with van der Waals surface area (Å²) in [6, 6.07) is 11.4. The number of fused-ring (bicyclic) bond motifs is 1. The molecule has 0 fully saturated rings. The fraction of sp³-hybridized carbons (Fsp3) is 0.118. The van der Waals surface area contributed by atoms with Gasteiger partial charge in [-0.1, -0.05) is 23.9 Å². The summed E-state index contributed by atoms with van der Waals surface area (Å²) in [5.74, 6) is 1.32. The van der Waals surface area contributed by atoms with E-state index < -0.39 is 0 Å². The molecule has 0 aliphatic carbocycles. The Balaban J connectivity index is 2.01. The fourth-order valence-corrected chi connectivity index (χ4v) is 3.98. The summed E-state index contributed by atoms with van der Waals surface area (Å²) in [5, 5.41) is 0. The monoisotopic (exact) mass is 376 g/mol. The van der Waals surface area contributed by atoms with Gasteiger partial charge in [0.05, 0.1) is 23.6 Å². The van der Waals surface area contributed by atoms with Crippen LogP contribution >= 0.6 is 27.7 Å². The Kier molecular flexibility index (Phi) is 4.27. The molecule has 1 heterocycles. The maximum absolute atomic E-state index is 12.4. The number of Topliss-reactive ketones (excluding diaryl/α,β-unsaturated/α-hetero) is 1. The molecule has 0 atom stereocenters. The molecule has 2 aromatic rings. The number of methoxy groups -OCH3 is 2. The average molecular weight is 377 g/mol. The molecule has 0 bridgehead atoms. The summed E-state index contributed by atoms with van der Waals surface area (Å²) in [7, 11) is 3.18. The van der Waals surface area contributed by atoms with E-state index in [1.54, 1.807) is 14.2 Å². The van der Waals surface area contributed by atoms with Crippen molar-refractivity contribution in [1.82, 2.24) is 0 Å². The van der Waals surface area contributed by atoms with E-state index in [1.165, 1.54) is 11.8 Å². The van der Waals surface area contributed by atoms with Crippen molar-refractivity contribution < 1.29 is 14.3 Å². The highest BCUT2D eigenvalue weighted by Gasteiger charge is 2.25. The molecule has 22 heavy (non-hydrogen) atoms. The molecular formula is C17H13BrO3S. The van der Waals surface area contributed by atoms with Crippen LogP contribution in [-0.2, 0) is 0 Å². The Morgan fingerprint density at radius 3 is 2.59 bits per heavy atom. The first-order valence-corrected chi connectivity index (χ1v) is 8.19. The van der Waals surface area contributed by atoms with Crippen molar-refractivity contribution in [1.29, 1.82) is 0 Å². The van der Waals surface area contributed by atoms with Crippen molar-refractivity contribution in [2.24, 2.45) is 0 Å². The number of carbonyl (C=O) groups is 1. The zero-order valence-corrected chi connectivity index (χ0v) is 14.5. The highest BCUT2D eigenvalue weighted by Crippen LogP contribution is 2.42. The van der Waals surface area contributed by atoms with Crippen LogP contribution in [0.3, 0.4) is 0 Å². The SMILES string of the molecule is COc1cc(/C=C2\Sc3ccccc3C2=O)cc(Br)c1OC. The second-order valence-corrected chi connectivity index (χ2v) is 6.61. The number of thioether (sulfide) groups is 1. The minimum atomic E-state index is 0.0616. The zero-order chi connectivity index (χ0) is 15.7. The van der Waals surface area contributed by atoms with Gasteiger partial charge in [-0.05, 0) is 51.8 Å². The fourth-order valence-electron chi connectivity index (χ4n) is 2.31. The molecule has 112 valence electrons. The van der Waals surface area contributed by atoms with Crippen LogP contribution in [0, 0.1) is 0 Å². The van der Waals surface area contributed by atoms with Crippen LogP contribution < -0.4 is 9.47 Å². The van der Waals surface area contributed by atoms with Crippen LogP contribution in [-0.4, -0.2) is 20.0 Å². The predicted molar refractivity (Wildman–Crippen MR) is 91.9 cm³/mol. The highest BCUT2D eigenvalue weighted by molar-refractivity contribution is 9.10. The lowest BCUT2D eigenvalue weighted by Crippen LogP contribution is -1.95.